The Morgan fingerprint density at radius 3 is 2.83 bits per heavy atom. The van der Waals surface area contributed by atoms with Gasteiger partial charge < -0.3 is 5.21 Å². The number of hydrogen-bond acceptors (Lipinski definition) is 4. The first-order valence-corrected chi connectivity index (χ1v) is 6.32. The van der Waals surface area contributed by atoms with E-state index in [1.165, 1.54) is 10.9 Å². The molecule has 0 saturated heterocycles. The quantitative estimate of drug-likeness (QED) is 0.430. The van der Waals surface area contributed by atoms with E-state index in [2.05, 4.69) is 16.2 Å². The summed E-state index contributed by atoms with van der Waals surface area (Å²) in [4.78, 5) is 4.60. The van der Waals surface area contributed by atoms with E-state index in [1.807, 2.05) is 42.5 Å². The highest BCUT2D eigenvalue weighted by Gasteiger charge is 2.05. The lowest BCUT2D eigenvalue weighted by Crippen LogP contribution is -1.82. The highest BCUT2D eigenvalue weighted by Crippen LogP contribution is 2.30. The third-order valence-electron chi connectivity index (χ3n) is 2.63. The monoisotopic (exact) mass is 254 g/mol. The Morgan fingerprint density at radius 1 is 1.11 bits per heavy atom. The molecule has 18 heavy (non-hydrogen) atoms. The zero-order valence-corrected chi connectivity index (χ0v) is 10.3. The summed E-state index contributed by atoms with van der Waals surface area (Å²) in [5.74, 6) is 0. The van der Waals surface area contributed by atoms with Crippen LogP contribution in [-0.4, -0.2) is 16.4 Å². The topological polar surface area (TPSA) is 45.5 Å². The van der Waals surface area contributed by atoms with Gasteiger partial charge in [-0.05, 0) is 23.8 Å². The van der Waals surface area contributed by atoms with Crippen LogP contribution in [0, 0.1) is 0 Å². The van der Waals surface area contributed by atoms with Crippen LogP contribution in [0.2, 0.25) is 0 Å². The minimum atomic E-state index is 0.856. The SMILES string of the molecule is O/N=C/c1cccc(-c2nc3ccccc3s2)c1. The molecular weight excluding hydrogens is 244 g/mol. The molecule has 0 aliphatic rings. The molecule has 0 aliphatic heterocycles. The molecule has 0 amide bonds. The fraction of sp³-hybridized carbons (Fsp3) is 0. The maximum atomic E-state index is 8.55. The summed E-state index contributed by atoms with van der Waals surface area (Å²) in [6.45, 7) is 0. The molecule has 0 fully saturated rings. The van der Waals surface area contributed by atoms with Crippen LogP contribution in [0.25, 0.3) is 20.8 Å². The molecule has 1 N–H and O–H groups in total. The minimum absolute atomic E-state index is 0.856. The molecule has 0 atom stereocenters. The Hall–Kier alpha value is -2.20. The summed E-state index contributed by atoms with van der Waals surface area (Å²) in [5, 5.41) is 12.6. The number of para-hydroxylation sites is 1. The minimum Gasteiger partial charge on any atom is -0.411 e. The Kier molecular flexibility index (Phi) is 2.78. The predicted molar refractivity (Wildman–Crippen MR) is 74.4 cm³/mol. The largest absolute Gasteiger partial charge is 0.411 e. The number of benzene rings is 2. The zero-order valence-electron chi connectivity index (χ0n) is 9.45. The van der Waals surface area contributed by atoms with Crippen LogP contribution in [0.5, 0.6) is 0 Å². The number of nitrogens with zero attached hydrogens (tertiary/aromatic N) is 2. The molecular formula is C14H10N2OS. The van der Waals surface area contributed by atoms with Crippen LogP contribution >= 0.6 is 11.3 Å². The fourth-order valence-electron chi connectivity index (χ4n) is 1.81. The van der Waals surface area contributed by atoms with Crippen molar-refractivity contribution in [3.05, 3.63) is 54.1 Å². The van der Waals surface area contributed by atoms with Gasteiger partial charge in [0.05, 0.1) is 16.4 Å². The van der Waals surface area contributed by atoms with Gasteiger partial charge in [-0.25, -0.2) is 4.98 Å². The second kappa shape index (κ2) is 4.58. The summed E-state index contributed by atoms with van der Waals surface area (Å²) < 4.78 is 1.17. The van der Waals surface area contributed by atoms with Crippen molar-refractivity contribution in [3.8, 4) is 10.6 Å². The Labute approximate surface area is 108 Å². The molecule has 0 bridgehead atoms. The van der Waals surface area contributed by atoms with Gasteiger partial charge in [0.1, 0.15) is 5.01 Å². The molecule has 1 aromatic heterocycles. The van der Waals surface area contributed by atoms with Crippen LogP contribution in [0.1, 0.15) is 5.56 Å². The average molecular weight is 254 g/mol. The third-order valence-corrected chi connectivity index (χ3v) is 3.72. The van der Waals surface area contributed by atoms with Crippen molar-refractivity contribution in [1.29, 1.82) is 0 Å². The van der Waals surface area contributed by atoms with E-state index in [1.54, 1.807) is 11.3 Å². The van der Waals surface area contributed by atoms with Crippen LogP contribution in [0.3, 0.4) is 0 Å². The van der Waals surface area contributed by atoms with Crippen LogP contribution in [0.15, 0.2) is 53.7 Å². The van der Waals surface area contributed by atoms with Gasteiger partial charge >= 0.3 is 0 Å². The van der Waals surface area contributed by atoms with Crippen molar-refractivity contribution >= 4 is 27.8 Å². The van der Waals surface area contributed by atoms with Gasteiger partial charge in [-0.15, -0.1) is 11.3 Å². The Morgan fingerprint density at radius 2 is 2.00 bits per heavy atom. The molecule has 0 aliphatic carbocycles. The van der Waals surface area contributed by atoms with Gasteiger partial charge in [-0.3, -0.25) is 0 Å². The predicted octanol–water partition coefficient (Wildman–Crippen LogP) is 3.77. The second-order valence-corrected chi connectivity index (χ2v) is 4.89. The van der Waals surface area contributed by atoms with Crippen molar-refractivity contribution in [1.82, 2.24) is 4.98 Å². The van der Waals surface area contributed by atoms with E-state index in [9.17, 15) is 0 Å². The summed E-state index contributed by atoms with van der Waals surface area (Å²) >= 11 is 1.66. The average Bonchev–Trinajstić information content (AvgIpc) is 2.83. The number of hydrogen-bond donors (Lipinski definition) is 1. The molecule has 0 unspecified atom stereocenters. The van der Waals surface area contributed by atoms with Crippen molar-refractivity contribution in [2.45, 2.75) is 0 Å². The lowest BCUT2D eigenvalue weighted by atomic mass is 10.1. The number of oxime groups is 1. The normalized spacial score (nSPS) is 11.3. The van der Waals surface area contributed by atoms with E-state index in [0.29, 0.717) is 0 Å². The van der Waals surface area contributed by atoms with E-state index in [-0.39, 0.29) is 0 Å². The summed E-state index contributed by atoms with van der Waals surface area (Å²) in [6.07, 6.45) is 1.41. The molecule has 0 radical (unpaired) electrons. The summed E-state index contributed by atoms with van der Waals surface area (Å²) in [5.41, 5.74) is 2.90. The standard InChI is InChI=1S/C14H10N2OS/c17-15-9-10-4-3-5-11(8-10)14-16-12-6-1-2-7-13(12)18-14/h1-9,17H/b15-9+. The lowest BCUT2D eigenvalue weighted by molar-refractivity contribution is 0.322. The maximum Gasteiger partial charge on any atom is 0.124 e. The molecule has 0 spiro atoms. The fourth-order valence-corrected chi connectivity index (χ4v) is 2.78. The number of fused-ring (bicyclic) bond motifs is 1. The molecule has 2 aromatic carbocycles. The Bertz CT molecular complexity index is 685. The van der Waals surface area contributed by atoms with Crippen molar-refractivity contribution in [2.75, 3.05) is 0 Å². The van der Waals surface area contributed by atoms with Gasteiger partial charge in [-0.2, -0.15) is 0 Å². The van der Waals surface area contributed by atoms with Crippen LogP contribution in [-0.2, 0) is 0 Å². The number of thiazole rings is 1. The smallest absolute Gasteiger partial charge is 0.124 e. The van der Waals surface area contributed by atoms with E-state index in [4.69, 9.17) is 5.21 Å². The highest BCUT2D eigenvalue weighted by molar-refractivity contribution is 7.21. The molecule has 88 valence electrons. The molecule has 3 rings (SSSR count). The maximum absolute atomic E-state index is 8.55. The van der Waals surface area contributed by atoms with E-state index >= 15 is 0 Å². The van der Waals surface area contributed by atoms with E-state index in [0.717, 1.165) is 21.7 Å². The number of rotatable bonds is 2. The molecule has 1 heterocycles. The first-order chi connectivity index (χ1) is 8.86. The van der Waals surface area contributed by atoms with Gasteiger partial charge in [0.25, 0.3) is 0 Å². The van der Waals surface area contributed by atoms with Crippen LogP contribution in [0.4, 0.5) is 0 Å². The van der Waals surface area contributed by atoms with Gasteiger partial charge in [0.15, 0.2) is 0 Å². The first-order valence-electron chi connectivity index (χ1n) is 5.50. The zero-order chi connectivity index (χ0) is 12.4. The second-order valence-electron chi connectivity index (χ2n) is 3.86. The lowest BCUT2D eigenvalue weighted by Gasteiger charge is -1.97. The van der Waals surface area contributed by atoms with E-state index < -0.39 is 0 Å². The molecule has 0 saturated carbocycles. The molecule has 3 aromatic rings. The first kappa shape index (κ1) is 10.9. The molecule has 4 heteroatoms. The van der Waals surface area contributed by atoms with Gasteiger partial charge in [0.2, 0.25) is 0 Å². The van der Waals surface area contributed by atoms with Crippen molar-refractivity contribution in [2.24, 2.45) is 5.16 Å². The third kappa shape index (κ3) is 1.98. The van der Waals surface area contributed by atoms with Crippen LogP contribution < -0.4 is 0 Å². The van der Waals surface area contributed by atoms with Gasteiger partial charge in [0, 0.05) is 5.56 Å². The molecule has 3 nitrogen and oxygen atoms in total. The Balaban J connectivity index is 2.10. The van der Waals surface area contributed by atoms with Crippen molar-refractivity contribution in [3.63, 3.8) is 0 Å². The highest BCUT2D eigenvalue weighted by atomic mass is 32.1. The number of aromatic nitrogens is 1. The summed E-state index contributed by atoms with van der Waals surface area (Å²) in [6, 6.07) is 15.8. The van der Waals surface area contributed by atoms with Crippen molar-refractivity contribution < 1.29 is 5.21 Å². The van der Waals surface area contributed by atoms with Gasteiger partial charge in [-0.1, -0.05) is 35.5 Å². The summed E-state index contributed by atoms with van der Waals surface area (Å²) in [7, 11) is 0.